The third-order valence-corrected chi connectivity index (χ3v) is 1.83. The van der Waals surface area contributed by atoms with Crippen molar-refractivity contribution < 1.29 is 14.6 Å². The van der Waals surface area contributed by atoms with Crippen LogP contribution in [-0.4, -0.2) is 27.8 Å². The first-order valence-corrected chi connectivity index (χ1v) is 5.18. The minimum atomic E-state index is -1.14. The summed E-state index contributed by atoms with van der Waals surface area (Å²) in [5.41, 5.74) is 0.230. The lowest BCUT2D eigenvalue weighted by Gasteiger charge is -2.21. The van der Waals surface area contributed by atoms with Crippen LogP contribution in [0.1, 0.15) is 26.3 Å². The van der Waals surface area contributed by atoms with Gasteiger partial charge in [-0.25, -0.2) is 4.79 Å². The molecule has 1 rings (SSSR count). The van der Waals surface area contributed by atoms with Crippen molar-refractivity contribution in [2.75, 3.05) is 0 Å². The SMILES string of the molecule is CC(C)(C)OC(=O)C(O)Cc1cccnc1. The molecule has 1 unspecified atom stereocenters. The van der Waals surface area contributed by atoms with Crippen LogP contribution in [0.5, 0.6) is 0 Å². The lowest BCUT2D eigenvalue weighted by molar-refractivity contribution is -0.164. The van der Waals surface area contributed by atoms with Crippen molar-refractivity contribution in [1.29, 1.82) is 0 Å². The third kappa shape index (κ3) is 4.40. The molecule has 0 spiro atoms. The lowest BCUT2D eigenvalue weighted by Crippen LogP contribution is -2.32. The average Bonchev–Trinajstić information content (AvgIpc) is 2.16. The van der Waals surface area contributed by atoms with Crippen molar-refractivity contribution in [2.45, 2.75) is 38.9 Å². The summed E-state index contributed by atoms with van der Waals surface area (Å²) in [4.78, 5) is 15.4. The zero-order valence-corrected chi connectivity index (χ0v) is 9.80. The first-order valence-electron chi connectivity index (χ1n) is 5.18. The predicted octanol–water partition coefficient (Wildman–Crippen LogP) is 1.33. The largest absolute Gasteiger partial charge is 0.458 e. The van der Waals surface area contributed by atoms with E-state index in [4.69, 9.17) is 4.74 Å². The summed E-state index contributed by atoms with van der Waals surface area (Å²) in [6.07, 6.45) is 2.35. The van der Waals surface area contributed by atoms with Gasteiger partial charge in [0.25, 0.3) is 0 Å². The van der Waals surface area contributed by atoms with E-state index < -0.39 is 17.7 Å². The van der Waals surface area contributed by atoms with Gasteiger partial charge in [-0.05, 0) is 32.4 Å². The molecule has 0 aliphatic rings. The molecule has 0 aliphatic heterocycles. The van der Waals surface area contributed by atoms with E-state index in [0.717, 1.165) is 5.56 Å². The molecule has 0 radical (unpaired) electrons. The van der Waals surface area contributed by atoms with E-state index in [1.54, 1.807) is 45.3 Å². The van der Waals surface area contributed by atoms with E-state index >= 15 is 0 Å². The van der Waals surface area contributed by atoms with E-state index in [1.807, 2.05) is 0 Å². The topological polar surface area (TPSA) is 59.4 Å². The molecule has 4 nitrogen and oxygen atoms in total. The normalized spacial score (nSPS) is 13.2. The summed E-state index contributed by atoms with van der Waals surface area (Å²) in [6.45, 7) is 5.30. The third-order valence-electron chi connectivity index (χ3n) is 1.83. The number of aliphatic hydroxyl groups is 1. The number of carbonyl (C=O) groups is 1. The molecule has 1 aromatic heterocycles. The number of esters is 1. The standard InChI is InChI=1S/C12H17NO3/c1-12(2,3)16-11(15)10(14)7-9-5-4-6-13-8-9/h4-6,8,10,14H,7H2,1-3H3. The van der Waals surface area contributed by atoms with Crippen LogP contribution >= 0.6 is 0 Å². The van der Waals surface area contributed by atoms with Gasteiger partial charge in [0.1, 0.15) is 5.60 Å². The van der Waals surface area contributed by atoms with Gasteiger partial charge in [-0.1, -0.05) is 6.07 Å². The highest BCUT2D eigenvalue weighted by atomic mass is 16.6. The van der Waals surface area contributed by atoms with E-state index in [1.165, 1.54) is 0 Å². The number of carbonyl (C=O) groups excluding carboxylic acids is 1. The quantitative estimate of drug-likeness (QED) is 0.785. The Morgan fingerprint density at radius 3 is 2.75 bits per heavy atom. The van der Waals surface area contributed by atoms with Crippen molar-refractivity contribution in [2.24, 2.45) is 0 Å². The Kier molecular flexibility index (Phi) is 4.01. The highest BCUT2D eigenvalue weighted by Crippen LogP contribution is 2.10. The molecule has 1 atom stereocenters. The van der Waals surface area contributed by atoms with Crippen LogP contribution in [0.15, 0.2) is 24.5 Å². The summed E-state index contributed by atoms with van der Waals surface area (Å²) < 4.78 is 5.06. The van der Waals surface area contributed by atoms with Gasteiger partial charge >= 0.3 is 5.97 Å². The van der Waals surface area contributed by atoms with Gasteiger partial charge in [0, 0.05) is 18.8 Å². The molecule has 0 bridgehead atoms. The molecule has 0 aromatic carbocycles. The van der Waals surface area contributed by atoms with Gasteiger partial charge in [-0.15, -0.1) is 0 Å². The van der Waals surface area contributed by atoms with E-state index in [0.29, 0.717) is 0 Å². The minimum Gasteiger partial charge on any atom is -0.458 e. The van der Waals surface area contributed by atoms with Crippen LogP contribution in [0.3, 0.4) is 0 Å². The molecule has 4 heteroatoms. The summed E-state index contributed by atoms with van der Waals surface area (Å²) in [5.74, 6) is -0.601. The Morgan fingerprint density at radius 1 is 1.56 bits per heavy atom. The maximum Gasteiger partial charge on any atom is 0.335 e. The van der Waals surface area contributed by atoms with Gasteiger partial charge in [0.2, 0.25) is 0 Å². The number of pyridine rings is 1. The molecule has 0 saturated heterocycles. The van der Waals surface area contributed by atoms with Crippen LogP contribution in [0, 0.1) is 0 Å². The Bertz CT molecular complexity index is 343. The van der Waals surface area contributed by atoms with Gasteiger partial charge in [-0.3, -0.25) is 4.98 Å². The minimum absolute atomic E-state index is 0.225. The van der Waals surface area contributed by atoms with Crippen molar-refractivity contribution in [3.63, 3.8) is 0 Å². The van der Waals surface area contributed by atoms with Crippen LogP contribution in [0.4, 0.5) is 0 Å². The summed E-state index contributed by atoms with van der Waals surface area (Å²) in [7, 11) is 0. The van der Waals surface area contributed by atoms with Crippen LogP contribution < -0.4 is 0 Å². The maximum absolute atomic E-state index is 11.5. The lowest BCUT2D eigenvalue weighted by atomic mass is 10.1. The number of nitrogens with zero attached hydrogens (tertiary/aromatic N) is 1. The second-order valence-electron chi connectivity index (χ2n) is 4.61. The summed E-state index contributed by atoms with van der Waals surface area (Å²) in [5, 5.41) is 9.63. The number of aliphatic hydroxyl groups excluding tert-OH is 1. The highest BCUT2D eigenvalue weighted by molar-refractivity contribution is 5.75. The first-order chi connectivity index (χ1) is 7.38. The fraction of sp³-hybridized carbons (Fsp3) is 0.500. The number of ether oxygens (including phenoxy) is 1. The molecule has 16 heavy (non-hydrogen) atoms. The average molecular weight is 223 g/mol. The number of hydrogen-bond acceptors (Lipinski definition) is 4. The molecule has 1 N–H and O–H groups in total. The van der Waals surface area contributed by atoms with Crippen LogP contribution in [0.2, 0.25) is 0 Å². The molecule has 1 heterocycles. The molecule has 88 valence electrons. The van der Waals surface area contributed by atoms with Gasteiger partial charge in [0.15, 0.2) is 6.10 Å². The second-order valence-corrected chi connectivity index (χ2v) is 4.61. The van der Waals surface area contributed by atoms with Crippen molar-refractivity contribution in [3.8, 4) is 0 Å². The van der Waals surface area contributed by atoms with Gasteiger partial charge in [-0.2, -0.15) is 0 Å². The highest BCUT2D eigenvalue weighted by Gasteiger charge is 2.23. The molecule has 0 saturated carbocycles. The molecular weight excluding hydrogens is 206 g/mol. The molecule has 0 fully saturated rings. The Morgan fingerprint density at radius 2 is 2.25 bits per heavy atom. The van der Waals surface area contributed by atoms with E-state index in [-0.39, 0.29) is 6.42 Å². The zero-order valence-electron chi connectivity index (χ0n) is 9.80. The van der Waals surface area contributed by atoms with E-state index in [9.17, 15) is 9.90 Å². The summed E-state index contributed by atoms with van der Waals surface area (Å²) in [6, 6.07) is 3.57. The van der Waals surface area contributed by atoms with Crippen molar-refractivity contribution in [1.82, 2.24) is 4.98 Å². The Hall–Kier alpha value is -1.42. The Labute approximate surface area is 95.3 Å². The molecule has 0 amide bonds. The maximum atomic E-state index is 11.5. The van der Waals surface area contributed by atoms with Crippen molar-refractivity contribution >= 4 is 5.97 Å². The van der Waals surface area contributed by atoms with Crippen LogP contribution in [0.25, 0.3) is 0 Å². The fourth-order valence-corrected chi connectivity index (χ4v) is 1.20. The molecule has 1 aromatic rings. The fourth-order valence-electron chi connectivity index (χ4n) is 1.20. The smallest absolute Gasteiger partial charge is 0.335 e. The number of rotatable bonds is 3. The first kappa shape index (κ1) is 12.6. The predicted molar refractivity (Wildman–Crippen MR) is 59.8 cm³/mol. The van der Waals surface area contributed by atoms with E-state index in [2.05, 4.69) is 4.98 Å². The Balaban J connectivity index is 2.53. The zero-order chi connectivity index (χ0) is 12.2. The number of aromatic nitrogens is 1. The summed E-state index contributed by atoms with van der Waals surface area (Å²) >= 11 is 0. The van der Waals surface area contributed by atoms with Crippen molar-refractivity contribution in [3.05, 3.63) is 30.1 Å². The van der Waals surface area contributed by atoms with Gasteiger partial charge < -0.3 is 9.84 Å². The molecule has 0 aliphatic carbocycles. The second kappa shape index (κ2) is 5.07. The monoisotopic (exact) mass is 223 g/mol. The van der Waals surface area contributed by atoms with Crippen LogP contribution in [-0.2, 0) is 16.0 Å². The molecular formula is C12H17NO3. The van der Waals surface area contributed by atoms with Gasteiger partial charge in [0.05, 0.1) is 0 Å². The number of hydrogen-bond donors (Lipinski definition) is 1.